The molecule has 0 saturated carbocycles. The number of nitrogens with one attached hydrogen (secondary N) is 1. The van der Waals surface area contributed by atoms with E-state index in [-0.39, 0.29) is 18.0 Å². The van der Waals surface area contributed by atoms with E-state index in [0.29, 0.717) is 10.7 Å². The number of carbonyl (C=O) groups is 1. The number of aromatic nitrogens is 1. The van der Waals surface area contributed by atoms with Crippen LogP contribution < -0.4 is 5.32 Å². The van der Waals surface area contributed by atoms with Gasteiger partial charge in [-0.3, -0.25) is 4.79 Å². The third kappa shape index (κ3) is 4.20. The van der Waals surface area contributed by atoms with Crippen LogP contribution in [-0.4, -0.2) is 10.9 Å². The van der Waals surface area contributed by atoms with E-state index in [1.165, 1.54) is 29.5 Å². The lowest BCUT2D eigenvalue weighted by molar-refractivity contribution is -0.115. The second-order valence-corrected chi connectivity index (χ2v) is 7.21. The Kier molecular flexibility index (Phi) is 5.28. The first-order valence-corrected chi connectivity index (χ1v) is 9.01. The van der Waals surface area contributed by atoms with E-state index in [1.54, 1.807) is 0 Å². The molecule has 0 unspecified atom stereocenters. The molecule has 0 aliphatic carbocycles. The molecule has 0 bridgehead atoms. The fraction of sp³-hybridized carbons (Fsp3) is 0.0588. The van der Waals surface area contributed by atoms with E-state index < -0.39 is 5.82 Å². The Hall–Kier alpha value is -1.76. The Labute approximate surface area is 155 Å². The highest BCUT2D eigenvalue weighted by atomic mass is 79.9. The SMILES string of the molecule is O=C(Cc1csc(-c2cccc(Br)c2)n1)Nc1cc(Cl)ccc1F. The molecule has 0 aliphatic heterocycles. The number of anilines is 1. The molecule has 3 nitrogen and oxygen atoms in total. The van der Waals surface area contributed by atoms with Crippen LogP contribution in [0.3, 0.4) is 0 Å². The lowest BCUT2D eigenvalue weighted by Crippen LogP contribution is -2.15. The maximum atomic E-state index is 13.6. The van der Waals surface area contributed by atoms with Crippen molar-refractivity contribution in [2.75, 3.05) is 5.32 Å². The number of rotatable bonds is 4. The van der Waals surface area contributed by atoms with Crippen molar-refractivity contribution in [3.63, 3.8) is 0 Å². The maximum Gasteiger partial charge on any atom is 0.230 e. The molecule has 1 amide bonds. The summed E-state index contributed by atoms with van der Waals surface area (Å²) < 4.78 is 14.6. The van der Waals surface area contributed by atoms with Gasteiger partial charge in [-0.2, -0.15) is 0 Å². The lowest BCUT2D eigenvalue weighted by Gasteiger charge is -2.05. The summed E-state index contributed by atoms with van der Waals surface area (Å²) in [7, 11) is 0. The molecule has 1 N–H and O–H groups in total. The minimum Gasteiger partial charge on any atom is -0.323 e. The zero-order chi connectivity index (χ0) is 17.1. The van der Waals surface area contributed by atoms with Gasteiger partial charge in [0.1, 0.15) is 10.8 Å². The van der Waals surface area contributed by atoms with Gasteiger partial charge in [0.25, 0.3) is 0 Å². The number of benzene rings is 2. The monoisotopic (exact) mass is 424 g/mol. The van der Waals surface area contributed by atoms with E-state index in [1.807, 2.05) is 29.6 Å². The van der Waals surface area contributed by atoms with E-state index in [0.717, 1.165) is 15.0 Å². The van der Waals surface area contributed by atoms with Gasteiger partial charge in [-0.05, 0) is 30.3 Å². The average molecular weight is 426 g/mol. The normalized spacial score (nSPS) is 10.6. The van der Waals surface area contributed by atoms with E-state index in [4.69, 9.17) is 11.6 Å². The molecule has 1 heterocycles. The van der Waals surface area contributed by atoms with Gasteiger partial charge >= 0.3 is 0 Å². The molecule has 7 heteroatoms. The van der Waals surface area contributed by atoms with Gasteiger partial charge in [0.2, 0.25) is 5.91 Å². The zero-order valence-electron chi connectivity index (χ0n) is 12.2. The van der Waals surface area contributed by atoms with Crippen LogP contribution in [0.1, 0.15) is 5.69 Å². The van der Waals surface area contributed by atoms with Crippen molar-refractivity contribution >= 4 is 50.5 Å². The minimum absolute atomic E-state index is 0.0648. The number of hydrogen-bond donors (Lipinski definition) is 1. The van der Waals surface area contributed by atoms with Crippen molar-refractivity contribution in [3.8, 4) is 10.6 Å². The second kappa shape index (κ2) is 7.42. The van der Waals surface area contributed by atoms with E-state index >= 15 is 0 Å². The number of hydrogen-bond acceptors (Lipinski definition) is 3. The molecule has 0 atom stereocenters. The number of carbonyl (C=O) groups excluding carboxylic acids is 1. The Bertz CT molecular complexity index is 900. The molecule has 1 aromatic heterocycles. The number of halogens is 3. The van der Waals surface area contributed by atoms with E-state index in [2.05, 4.69) is 26.2 Å². The van der Waals surface area contributed by atoms with Crippen molar-refractivity contribution in [2.24, 2.45) is 0 Å². The van der Waals surface area contributed by atoms with Crippen molar-refractivity contribution < 1.29 is 9.18 Å². The summed E-state index contributed by atoms with van der Waals surface area (Å²) in [5.74, 6) is -0.872. The molecule has 24 heavy (non-hydrogen) atoms. The average Bonchev–Trinajstić information content (AvgIpc) is 2.99. The highest BCUT2D eigenvalue weighted by Crippen LogP contribution is 2.26. The fourth-order valence-corrected chi connectivity index (χ4v) is 3.48. The molecule has 0 saturated heterocycles. The summed E-state index contributed by atoms with van der Waals surface area (Å²) in [5, 5.41) is 5.53. The molecular formula is C17H11BrClFN2OS. The first-order chi connectivity index (χ1) is 11.5. The Morgan fingerprint density at radius 3 is 2.92 bits per heavy atom. The van der Waals surface area contributed by atoms with Gasteiger partial charge in [-0.1, -0.05) is 39.7 Å². The molecule has 0 spiro atoms. The predicted molar refractivity (Wildman–Crippen MR) is 99.0 cm³/mol. The summed E-state index contributed by atoms with van der Waals surface area (Å²) in [5.41, 5.74) is 1.67. The van der Waals surface area contributed by atoms with Gasteiger partial charge in [-0.15, -0.1) is 11.3 Å². The van der Waals surface area contributed by atoms with Gasteiger partial charge in [-0.25, -0.2) is 9.37 Å². The van der Waals surface area contributed by atoms with Crippen LogP contribution >= 0.6 is 38.9 Å². The van der Waals surface area contributed by atoms with Crippen molar-refractivity contribution in [1.29, 1.82) is 0 Å². The van der Waals surface area contributed by atoms with Gasteiger partial charge in [0, 0.05) is 20.4 Å². The van der Waals surface area contributed by atoms with Gasteiger partial charge < -0.3 is 5.32 Å². The third-order valence-corrected chi connectivity index (χ3v) is 4.84. The quantitative estimate of drug-likeness (QED) is 0.596. The predicted octanol–water partition coefficient (Wildman–Crippen LogP) is 5.55. The summed E-state index contributed by atoms with van der Waals surface area (Å²) in [4.78, 5) is 16.5. The Balaban J connectivity index is 1.70. The van der Waals surface area contributed by atoms with Gasteiger partial charge in [0.05, 0.1) is 17.8 Å². The largest absolute Gasteiger partial charge is 0.323 e. The van der Waals surface area contributed by atoms with Crippen LogP contribution in [-0.2, 0) is 11.2 Å². The number of nitrogens with zero attached hydrogens (tertiary/aromatic N) is 1. The molecule has 0 fully saturated rings. The van der Waals surface area contributed by atoms with Crippen LogP contribution in [0.2, 0.25) is 5.02 Å². The topological polar surface area (TPSA) is 42.0 Å². The maximum absolute atomic E-state index is 13.6. The van der Waals surface area contributed by atoms with Gasteiger partial charge in [0.15, 0.2) is 0 Å². The Morgan fingerprint density at radius 1 is 1.29 bits per heavy atom. The van der Waals surface area contributed by atoms with Crippen molar-refractivity contribution in [1.82, 2.24) is 4.98 Å². The summed E-state index contributed by atoms with van der Waals surface area (Å²) in [6, 6.07) is 11.8. The molecule has 2 aromatic carbocycles. The zero-order valence-corrected chi connectivity index (χ0v) is 15.4. The molecule has 3 rings (SSSR count). The first-order valence-electron chi connectivity index (χ1n) is 6.96. The lowest BCUT2D eigenvalue weighted by atomic mass is 10.2. The van der Waals surface area contributed by atoms with Crippen molar-refractivity contribution in [2.45, 2.75) is 6.42 Å². The second-order valence-electron chi connectivity index (χ2n) is 5.00. The summed E-state index contributed by atoms with van der Waals surface area (Å²) in [6.45, 7) is 0. The van der Waals surface area contributed by atoms with E-state index in [9.17, 15) is 9.18 Å². The summed E-state index contributed by atoms with van der Waals surface area (Å²) in [6.07, 6.45) is 0.0659. The third-order valence-electron chi connectivity index (χ3n) is 3.17. The number of amides is 1. The van der Waals surface area contributed by atoms with Crippen LogP contribution in [0.5, 0.6) is 0 Å². The fourth-order valence-electron chi connectivity index (χ4n) is 2.09. The molecule has 0 aliphatic rings. The van der Waals surface area contributed by atoms with Crippen LogP contribution in [0, 0.1) is 5.82 Å². The first kappa shape index (κ1) is 17.1. The van der Waals surface area contributed by atoms with Crippen LogP contribution in [0.15, 0.2) is 52.3 Å². The highest BCUT2D eigenvalue weighted by Gasteiger charge is 2.12. The Morgan fingerprint density at radius 2 is 2.12 bits per heavy atom. The van der Waals surface area contributed by atoms with Crippen LogP contribution in [0.25, 0.3) is 10.6 Å². The smallest absolute Gasteiger partial charge is 0.230 e. The molecule has 3 aromatic rings. The number of thiazole rings is 1. The molecule has 122 valence electrons. The van der Waals surface area contributed by atoms with Crippen LogP contribution in [0.4, 0.5) is 10.1 Å². The van der Waals surface area contributed by atoms with Crippen molar-refractivity contribution in [3.05, 3.63) is 68.9 Å². The summed E-state index contributed by atoms with van der Waals surface area (Å²) >= 11 is 10.7. The standard InChI is InChI=1S/C17H11BrClFN2OS/c18-11-3-1-2-10(6-11)17-21-13(9-24-17)8-16(23)22-15-7-12(19)4-5-14(15)20/h1-7,9H,8H2,(H,22,23). The highest BCUT2D eigenvalue weighted by molar-refractivity contribution is 9.10. The molecular weight excluding hydrogens is 415 g/mol. The molecule has 0 radical (unpaired) electrons. The minimum atomic E-state index is -0.527.